The number of carboxylic acid groups (broad SMARTS) is 1. The number of hydrogen-bond acceptors (Lipinski definition) is 3. The SMILES string of the molecule is Cc1cc(C(=O)O)nc(C2C3CC4CC(C3)CC2C4)n1. The van der Waals surface area contributed by atoms with E-state index >= 15 is 0 Å². The van der Waals surface area contributed by atoms with Crippen molar-refractivity contribution in [3.63, 3.8) is 0 Å². The molecule has 4 aliphatic rings. The molecule has 1 aromatic rings. The molecule has 1 N–H and O–H groups in total. The first-order chi connectivity index (χ1) is 9.60. The average molecular weight is 272 g/mol. The zero-order valence-electron chi connectivity index (χ0n) is 11.7. The van der Waals surface area contributed by atoms with Gasteiger partial charge in [-0.1, -0.05) is 0 Å². The summed E-state index contributed by atoms with van der Waals surface area (Å²) in [5, 5.41) is 9.19. The Kier molecular flexibility index (Phi) is 2.63. The molecule has 4 saturated carbocycles. The summed E-state index contributed by atoms with van der Waals surface area (Å²) in [6.45, 7) is 1.87. The zero-order valence-corrected chi connectivity index (χ0v) is 11.7. The molecule has 1 aromatic heterocycles. The number of nitrogens with zero attached hydrogens (tertiary/aromatic N) is 2. The summed E-state index contributed by atoms with van der Waals surface area (Å²) in [7, 11) is 0. The van der Waals surface area contributed by atoms with Crippen LogP contribution in [0, 0.1) is 30.6 Å². The smallest absolute Gasteiger partial charge is 0.354 e. The standard InChI is InChI=1S/C16H20N2O2/c1-8-2-13(16(19)20)18-15(17-8)14-11-4-9-3-10(6-11)7-12(14)5-9/h2,9-12,14H,3-7H2,1H3,(H,19,20). The molecule has 4 fully saturated rings. The lowest BCUT2D eigenvalue weighted by Gasteiger charge is -2.53. The summed E-state index contributed by atoms with van der Waals surface area (Å²) in [4.78, 5) is 20.2. The third-order valence-corrected chi connectivity index (χ3v) is 5.62. The van der Waals surface area contributed by atoms with Crippen LogP contribution in [-0.4, -0.2) is 21.0 Å². The first kappa shape index (κ1) is 12.3. The van der Waals surface area contributed by atoms with Crippen molar-refractivity contribution >= 4 is 5.97 Å². The molecule has 4 aliphatic carbocycles. The largest absolute Gasteiger partial charge is 0.477 e. The summed E-state index contributed by atoms with van der Waals surface area (Å²) >= 11 is 0. The van der Waals surface area contributed by atoms with Crippen LogP contribution in [0.2, 0.25) is 0 Å². The summed E-state index contributed by atoms with van der Waals surface area (Å²) in [6.07, 6.45) is 6.64. The average Bonchev–Trinajstić information content (AvgIpc) is 2.36. The number of hydrogen-bond donors (Lipinski definition) is 1. The molecule has 0 radical (unpaired) electrons. The highest BCUT2D eigenvalue weighted by molar-refractivity contribution is 5.85. The molecule has 0 atom stereocenters. The lowest BCUT2D eigenvalue weighted by molar-refractivity contribution is -0.00581. The topological polar surface area (TPSA) is 63.1 Å². The molecule has 0 amide bonds. The number of aromatic carboxylic acids is 1. The Morgan fingerprint density at radius 3 is 2.25 bits per heavy atom. The summed E-state index contributed by atoms with van der Waals surface area (Å²) in [5.74, 6) is 3.47. The van der Waals surface area contributed by atoms with Crippen LogP contribution in [0.15, 0.2) is 6.07 Å². The zero-order chi connectivity index (χ0) is 13.9. The van der Waals surface area contributed by atoms with Gasteiger partial charge in [0.2, 0.25) is 0 Å². The van der Waals surface area contributed by atoms with Gasteiger partial charge in [-0.05, 0) is 68.8 Å². The van der Waals surface area contributed by atoms with Crippen LogP contribution < -0.4 is 0 Å². The number of aromatic nitrogens is 2. The second-order valence-corrected chi connectivity index (χ2v) is 7.01. The Bertz CT molecular complexity index is 542. The lowest BCUT2D eigenvalue weighted by atomic mass is 9.51. The minimum absolute atomic E-state index is 0.154. The van der Waals surface area contributed by atoms with Crippen LogP contribution in [0.4, 0.5) is 0 Å². The van der Waals surface area contributed by atoms with Gasteiger partial charge in [0.25, 0.3) is 0 Å². The maximum atomic E-state index is 11.2. The molecule has 4 nitrogen and oxygen atoms in total. The van der Waals surface area contributed by atoms with Gasteiger partial charge in [-0.3, -0.25) is 0 Å². The third-order valence-electron chi connectivity index (χ3n) is 5.62. The summed E-state index contributed by atoms with van der Waals surface area (Å²) < 4.78 is 0. The molecular formula is C16H20N2O2. The second kappa shape index (κ2) is 4.27. The number of carboxylic acids is 1. The van der Waals surface area contributed by atoms with Crippen molar-refractivity contribution in [2.45, 2.75) is 44.9 Å². The van der Waals surface area contributed by atoms with E-state index in [1.165, 1.54) is 32.1 Å². The Labute approximate surface area is 118 Å². The molecule has 4 bridgehead atoms. The minimum atomic E-state index is -0.944. The van der Waals surface area contributed by atoms with E-state index in [-0.39, 0.29) is 5.69 Å². The van der Waals surface area contributed by atoms with Crippen LogP contribution in [-0.2, 0) is 0 Å². The van der Waals surface area contributed by atoms with Crippen molar-refractivity contribution in [1.82, 2.24) is 9.97 Å². The predicted octanol–water partition coefficient (Wildman–Crippen LogP) is 3.02. The predicted molar refractivity (Wildman–Crippen MR) is 73.5 cm³/mol. The van der Waals surface area contributed by atoms with Crippen molar-refractivity contribution < 1.29 is 9.90 Å². The van der Waals surface area contributed by atoms with E-state index in [9.17, 15) is 9.90 Å². The van der Waals surface area contributed by atoms with Crippen LogP contribution in [0.5, 0.6) is 0 Å². The fourth-order valence-electron chi connectivity index (χ4n) is 5.20. The van der Waals surface area contributed by atoms with Gasteiger partial charge >= 0.3 is 5.97 Å². The van der Waals surface area contributed by atoms with Crippen LogP contribution >= 0.6 is 0 Å². The van der Waals surface area contributed by atoms with Gasteiger partial charge in [-0.2, -0.15) is 0 Å². The highest BCUT2D eigenvalue weighted by Crippen LogP contribution is 2.59. The Morgan fingerprint density at radius 1 is 1.10 bits per heavy atom. The second-order valence-electron chi connectivity index (χ2n) is 7.01. The van der Waals surface area contributed by atoms with E-state index in [4.69, 9.17) is 0 Å². The van der Waals surface area contributed by atoms with Crippen molar-refractivity contribution in [3.8, 4) is 0 Å². The highest BCUT2D eigenvalue weighted by Gasteiger charge is 2.49. The van der Waals surface area contributed by atoms with Gasteiger partial charge in [0.05, 0.1) is 0 Å². The quantitative estimate of drug-likeness (QED) is 0.898. The van der Waals surface area contributed by atoms with E-state index in [1.54, 1.807) is 6.07 Å². The number of rotatable bonds is 2. The summed E-state index contributed by atoms with van der Waals surface area (Å²) in [6, 6.07) is 1.57. The van der Waals surface area contributed by atoms with Crippen molar-refractivity contribution in [3.05, 3.63) is 23.3 Å². The number of carbonyl (C=O) groups is 1. The molecule has 0 aromatic carbocycles. The molecule has 0 aliphatic heterocycles. The Balaban J connectivity index is 1.72. The molecule has 0 spiro atoms. The van der Waals surface area contributed by atoms with Gasteiger partial charge in [-0.15, -0.1) is 0 Å². The highest BCUT2D eigenvalue weighted by atomic mass is 16.4. The monoisotopic (exact) mass is 272 g/mol. The van der Waals surface area contributed by atoms with Gasteiger partial charge in [0.1, 0.15) is 5.82 Å². The number of aryl methyl sites for hydroxylation is 1. The maximum Gasteiger partial charge on any atom is 0.354 e. The molecule has 20 heavy (non-hydrogen) atoms. The molecule has 106 valence electrons. The van der Waals surface area contributed by atoms with Crippen molar-refractivity contribution in [2.24, 2.45) is 23.7 Å². The van der Waals surface area contributed by atoms with Crippen molar-refractivity contribution in [2.75, 3.05) is 0 Å². The maximum absolute atomic E-state index is 11.2. The molecule has 1 heterocycles. The van der Waals surface area contributed by atoms with Gasteiger partial charge in [0, 0.05) is 11.6 Å². The van der Waals surface area contributed by atoms with Crippen LogP contribution in [0.3, 0.4) is 0 Å². The summed E-state index contributed by atoms with van der Waals surface area (Å²) in [5.41, 5.74) is 0.933. The fraction of sp³-hybridized carbons (Fsp3) is 0.688. The molecular weight excluding hydrogens is 252 g/mol. The molecule has 5 rings (SSSR count). The fourth-order valence-corrected chi connectivity index (χ4v) is 5.20. The first-order valence-electron chi connectivity index (χ1n) is 7.69. The van der Waals surface area contributed by atoms with E-state index in [1.807, 2.05) is 6.92 Å². The van der Waals surface area contributed by atoms with E-state index < -0.39 is 5.97 Å². The van der Waals surface area contributed by atoms with Crippen LogP contribution in [0.25, 0.3) is 0 Å². The van der Waals surface area contributed by atoms with E-state index in [2.05, 4.69) is 9.97 Å². The Hall–Kier alpha value is -1.45. The minimum Gasteiger partial charge on any atom is -0.477 e. The first-order valence-corrected chi connectivity index (χ1v) is 7.69. The van der Waals surface area contributed by atoms with Gasteiger partial charge in [-0.25, -0.2) is 14.8 Å². The van der Waals surface area contributed by atoms with E-state index in [0.29, 0.717) is 17.8 Å². The van der Waals surface area contributed by atoms with Crippen LogP contribution in [0.1, 0.15) is 60.0 Å². The molecule has 4 heteroatoms. The van der Waals surface area contributed by atoms with Gasteiger partial charge < -0.3 is 5.11 Å². The normalized spacial score (nSPS) is 38.1. The van der Waals surface area contributed by atoms with Gasteiger partial charge in [0.15, 0.2) is 5.69 Å². The molecule has 0 saturated heterocycles. The van der Waals surface area contributed by atoms with E-state index in [0.717, 1.165) is 23.4 Å². The van der Waals surface area contributed by atoms with Crippen molar-refractivity contribution in [1.29, 1.82) is 0 Å². The Morgan fingerprint density at radius 2 is 1.70 bits per heavy atom. The third kappa shape index (κ3) is 1.85. The molecule has 0 unspecified atom stereocenters. The lowest BCUT2D eigenvalue weighted by Crippen LogP contribution is -2.44.